The second-order valence-electron chi connectivity index (χ2n) is 3.92. The highest BCUT2D eigenvalue weighted by atomic mass is 15.1. The molecule has 0 bridgehead atoms. The minimum absolute atomic E-state index is 0.254. The topological polar surface area (TPSA) is 92.5 Å². The molecule has 0 spiro atoms. The summed E-state index contributed by atoms with van der Waals surface area (Å²) >= 11 is 0. The molecule has 18 heavy (non-hydrogen) atoms. The van der Waals surface area contributed by atoms with E-state index in [-0.39, 0.29) is 5.95 Å². The fourth-order valence-electron chi connectivity index (χ4n) is 1.84. The molecule has 2 aromatic heterocycles. The van der Waals surface area contributed by atoms with Crippen molar-refractivity contribution in [3.63, 3.8) is 0 Å². The summed E-state index contributed by atoms with van der Waals surface area (Å²) in [6.45, 7) is 0. The summed E-state index contributed by atoms with van der Waals surface area (Å²) in [6, 6.07) is 7.81. The number of aromatic nitrogens is 4. The zero-order valence-corrected chi connectivity index (χ0v) is 9.81. The first kappa shape index (κ1) is 10.5. The van der Waals surface area contributed by atoms with E-state index in [9.17, 15) is 0 Å². The number of nitrogens with one attached hydrogen (secondary N) is 2. The molecule has 4 N–H and O–H groups in total. The van der Waals surface area contributed by atoms with Crippen LogP contribution in [0.2, 0.25) is 0 Å². The number of H-pyrrole nitrogens is 1. The molecule has 0 saturated heterocycles. The van der Waals surface area contributed by atoms with Crippen molar-refractivity contribution in [1.82, 2.24) is 20.2 Å². The maximum atomic E-state index is 5.68. The van der Waals surface area contributed by atoms with E-state index < -0.39 is 0 Å². The lowest BCUT2D eigenvalue weighted by molar-refractivity contribution is 1.12. The van der Waals surface area contributed by atoms with Crippen molar-refractivity contribution in [2.24, 2.45) is 0 Å². The predicted octanol–water partition coefficient (Wildman–Crippen LogP) is 1.64. The Morgan fingerprint density at radius 2 is 2.11 bits per heavy atom. The molecule has 3 aromatic rings. The Labute approximate surface area is 103 Å². The first-order chi connectivity index (χ1) is 8.76. The number of hydrogen-bond donors (Lipinski definition) is 3. The van der Waals surface area contributed by atoms with E-state index in [2.05, 4.69) is 25.5 Å². The molecule has 0 aliphatic rings. The molecule has 0 aliphatic carbocycles. The second-order valence-corrected chi connectivity index (χ2v) is 3.92. The smallest absolute Gasteiger partial charge is 0.222 e. The Morgan fingerprint density at radius 1 is 1.22 bits per heavy atom. The first-order valence-corrected chi connectivity index (χ1v) is 5.52. The van der Waals surface area contributed by atoms with Crippen LogP contribution in [0.1, 0.15) is 0 Å². The van der Waals surface area contributed by atoms with Crippen LogP contribution in [0.3, 0.4) is 0 Å². The molecule has 0 saturated carbocycles. The molecule has 0 atom stereocenters. The highest BCUT2D eigenvalue weighted by Gasteiger charge is 2.05. The molecule has 1 aromatic carbocycles. The van der Waals surface area contributed by atoms with Gasteiger partial charge in [-0.3, -0.25) is 5.10 Å². The van der Waals surface area contributed by atoms with E-state index in [1.165, 1.54) is 0 Å². The Hall–Kier alpha value is -2.63. The normalized spacial score (nSPS) is 10.7. The van der Waals surface area contributed by atoms with Gasteiger partial charge in [0.2, 0.25) is 5.95 Å². The monoisotopic (exact) mass is 240 g/mol. The van der Waals surface area contributed by atoms with Crippen LogP contribution in [-0.4, -0.2) is 27.2 Å². The molecule has 0 unspecified atom stereocenters. The van der Waals surface area contributed by atoms with Crippen LogP contribution in [0.4, 0.5) is 11.8 Å². The number of fused-ring (bicyclic) bond motifs is 1. The molecule has 3 rings (SSSR count). The zero-order valence-electron chi connectivity index (χ0n) is 9.81. The minimum atomic E-state index is 0.254. The van der Waals surface area contributed by atoms with Crippen molar-refractivity contribution >= 4 is 22.7 Å². The molecule has 6 heteroatoms. The van der Waals surface area contributed by atoms with Crippen molar-refractivity contribution in [2.45, 2.75) is 0 Å². The minimum Gasteiger partial charge on any atom is -0.373 e. The van der Waals surface area contributed by atoms with Gasteiger partial charge in [0, 0.05) is 24.1 Å². The number of nitrogens with two attached hydrogens (primary N) is 1. The molecule has 90 valence electrons. The third kappa shape index (κ3) is 1.73. The molecule has 0 radical (unpaired) electrons. The summed E-state index contributed by atoms with van der Waals surface area (Å²) in [5, 5.41) is 10.9. The third-order valence-electron chi connectivity index (χ3n) is 2.74. The maximum Gasteiger partial charge on any atom is 0.222 e. The van der Waals surface area contributed by atoms with Gasteiger partial charge in [0.15, 0.2) is 0 Å². The van der Waals surface area contributed by atoms with Gasteiger partial charge in [-0.1, -0.05) is 6.07 Å². The second kappa shape index (κ2) is 3.99. The van der Waals surface area contributed by atoms with E-state index >= 15 is 0 Å². The summed E-state index contributed by atoms with van der Waals surface area (Å²) in [5.74, 6) is 0.953. The molecular formula is C12H12N6. The molecular weight excluding hydrogens is 228 g/mol. The lowest BCUT2D eigenvalue weighted by Crippen LogP contribution is -2.01. The van der Waals surface area contributed by atoms with E-state index in [1.54, 1.807) is 13.2 Å². The van der Waals surface area contributed by atoms with E-state index in [0.717, 1.165) is 22.2 Å². The molecule has 0 amide bonds. The molecule has 6 nitrogen and oxygen atoms in total. The molecule has 0 fully saturated rings. The number of hydrogen-bond acceptors (Lipinski definition) is 5. The summed E-state index contributed by atoms with van der Waals surface area (Å²) in [6.07, 6.45) is 1.78. The van der Waals surface area contributed by atoms with Gasteiger partial charge in [-0.2, -0.15) is 10.1 Å². The Kier molecular flexibility index (Phi) is 2.33. The average molecular weight is 240 g/mol. The van der Waals surface area contributed by atoms with Crippen molar-refractivity contribution in [2.75, 3.05) is 18.1 Å². The van der Waals surface area contributed by atoms with Gasteiger partial charge in [-0.05, 0) is 12.1 Å². The van der Waals surface area contributed by atoms with Crippen LogP contribution < -0.4 is 11.1 Å². The van der Waals surface area contributed by atoms with Gasteiger partial charge in [0.25, 0.3) is 0 Å². The first-order valence-electron chi connectivity index (χ1n) is 5.52. The Morgan fingerprint density at radius 3 is 2.94 bits per heavy atom. The van der Waals surface area contributed by atoms with Crippen LogP contribution in [0, 0.1) is 0 Å². The number of rotatable bonds is 2. The zero-order chi connectivity index (χ0) is 12.5. The lowest BCUT2D eigenvalue weighted by Gasteiger charge is -2.05. The average Bonchev–Trinajstić information content (AvgIpc) is 2.85. The lowest BCUT2D eigenvalue weighted by atomic mass is 10.1. The number of nitrogens with zero attached hydrogens (tertiary/aromatic N) is 3. The van der Waals surface area contributed by atoms with Crippen LogP contribution in [0.5, 0.6) is 0 Å². The van der Waals surface area contributed by atoms with Gasteiger partial charge in [-0.15, -0.1) is 0 Å². The number of aromatic amines is 1. The molecule has 2 heterocycles. The van der Waals surface area contributed by atoms with E-state index in [0.29, 0.717) is 5.82 Å². The van der Waals surface area contributed by atoms with Gasteiger partial charge in [0.05, 0.1) is 17.4 Å². The van der Waals surface area contributed by atoms with Gasteiger partial charge in [-0.25, -0.2) is 4.98 Å². The predicted molar refractivity (Wildman–Crippen MR) is 71.1 cm³/mol. The summed E-state index contributed by atoms with van der Waals surface area (Å²) in [5.41, 5.74) is 8.45. The highest BCUT2D eigenvalue weighted by molar-refractivity contribution is 5.83. The highest BCUT2D eigenvalue weighted by Crippen LogP contribution is 2.23. The van der Waals surface area contributed by atoms with Gasteiger partial charge < -0.3 is 11.1 Å². The van der Waals surface area contributed by atoms with Gasteiger partial charge in [0.1, 0.15) is 5.82 Å². The third-order valence-corrected chi connectivity index (χ3v) is 2.74. The number of anilines is 2. The Balaban J connectivity index is 2.15. The number of benzene rings is 1. The maximum absolute atomic E-state index is 5.68. The summed E-state index contributed by atoms with van der Waals surface area (Å²) in [4.78, 5) is 8.31. The molecule has 0 aliphatic heterocycles. The SMILES string of the molecule is CNc1cc(-c2ccc3[nH]ncc3c2)nc(N)n1. The van der Waals surface area contributed by atoms with E-state index in [4.69, 9.17) is 5.73 Å². The largest absolute Gasteiger partial charge is 0.373 e. The van der Waals surface area contributed by atoms with Gasteiger partial charge >= 0.3 is 0 Å². The van der Waals surface area contributed by atoms with Crippen molar-refractivity contribution in [3.8, 4) is 11.3 Å². The Bertz CT molecular complexity index is 703. The standard InChI is InChI=1S/C12H12N6/c1-14-11-5-10(16-12(13)17-11)7-2-3-9-8(4-7)6-15-18-9/h2-6H,1H3,(H,15,18)(H3,13,14,16,17). The summed E-state index contributed by atoms with van der Waals surface area (Å²) < 4.78 is 0. The van der Waals surface area contributed by atoms with Crippen LogP contribution in [-0.2, 0) is 0 Å². The van der Waals surface area contributed by atoms with Crippen molar-refractivity contribution < 1.29 is 0 Å². The number of nitrogen functional groups attached to an aromatic ring is 1. The van der Waals surface area contributed by atoms with Crippen LogP contribution >= 0.6 is 0 Å². The van der Waals surface area contributed by atoms with Crippen molar-refractivity contribution in [3.05, 3.63) is 30.5 Å². The van der Waals surface area contributed by atoms with E-state index in [1.807, 2.05) is 24.3 Å². The van der Waals surface area contributed by atoms with Crippen LogP contribution in [0.15, 0.2) is 30.5 Å². The fraction of sp³-hybridized carbons (Fsp3) is 0.0833. The quantitative estimate of drug-likeness (QED) is 0.633. The van der Waals surface area contributed by atoms with Crippen molar-refractivity contribution in [1.29, 1.82) is 0 Å². The fourth-order valence-corrected chi connectivity index (χ4v) is 1.84. The summed E-state index contributed by atoms with van der Waals surface area (Å²) in [7, 11) is 1.80. The van der Waals surface area contributed by atoms with Crippen LogP contribution in [0.25, 0.3) is 22.2 Å².